The van der Waals surface area contributed by atoms with Crippen molar-refractivity contribution in [2.24, 2.45) is 0 Å². The monoisotopic (exact) mass is 796 g/mol. The molecule has 0 atom stereocenters. The molecule has 1 aliphatic heterocycles. The number of aryl methyl sites for hydroxylation is 1. The van der Waals surface area contributed by atoms with E-state index in [4.69, 9.17) is 9.15 Å². The molecule has 2 heterocycles. The van der Waals surface area contributed by atoms with E-state index in [1.165, 1.54) is 223 Å². The normalized spacial score (nSPS) is 13.4. The van der Waals surface area contributed by atoms with Crippen LogP contribution in [-0.4, -0.2) is 6.54 Å². The zero-order valence-corrected chi connectivity index (χ0v) is 37.8. The lowest BCUT2D eigenvalue weighted by Crippen LogP contribution is -2.35. The first kappa shape index (κ1) is 47.7. The van der Waals surface area contributed by atoms with Gasteiger partial charge >= 0.3 is 5.89 Å². The number of nitrogens with zero attached hydrogens (tertiary/aromatic N) is 2. The number of oxazole rings is 1. The summed E-state index contributed by atoms with van der Waals surface area (Å²) in [5.41, 5.74) is 3.32. The van der Waals surface area contributed by atoms with Crippen LogP contribution in [0, 0.1) is 0 Å². The van der Waals surface area contributed by atoms with Crippen molar-refractivity contribution in [3.63, 3.8) is 0 Å². The molecular formula is C54H87N2O2+. The van der Waals surface area contributed by atoms with E-state index in [1.54, 1.807) is 0 Å². The van der Waals surface area contributed by atoms with Crippen molar-refractivity contribution >= 4 is 22.9 Å². The van der Waals surface area contributed by atoms with Crippen molar-refractivity contribution < 1.29 is 13.7 Å². The van der Waals surface area contributed by atoms with E-state index in [0.717, 1.165) is 36.2 Å². The highest BCUT2D eigenvalue weighted by Crippen LogP contribution is 2.39. The number of rotatable bonds is 37. The molecule has 0 fully saturated rings. The highest BCUT2D eigenvalue weighted by Gasteiger charge is 2.25. The van der Waals surface area contributed by atoms with Crippen LogP contribution in [0.2, 0.25) is 0 Å². The third kappa shape index (κ3) is 19.4. The first-order valence-electron chi connectivity index (χ1n) is 25.2. The SMILES string of the molecule is CCCCCCCCCCCCCCCCCCC[n+]1c(/C=C/C=C2/Oc3ccccc3N2CCCCCCCCCCCCCCCCCC)oc2ccccc21. The van der Waals surface area contributed by atoms with Gasteiger partial charge in [-0.25, -0.2) is 0 Å². The van der Waals surface area contributed by atoms with Gasteiger partial charge in [0.05, 0.1) is 11.8 Å². The number of fused-ring (bicyclic) bond motifs is 2. The van der Waals surface area contributed by atoms with Crippen LogP contribution in [0.1, 0.15) is 232 Å². The molecule has 2 aromatic carbocycles. The van der Waals surface area contributed by atoms with Gasteiger partial charge in [0.1, 0.15) is 0 Å². The average Bonchev–Trinajstić information content (AvgIpc) is 3.78. The molecular weight excluding hydrogens is 709 g/mol. The maximum Gasteiger partial charge on any atom is 0.374 e. The van der Waals surface area contributed by atoms with Gasteiger partial charge in [0.2, 0.25) is 11.5 Å². The molecule has 0 aliphatic carbocycles. The summed E-state index contributed by atoms with van der Waals surface area (Å²) >= 11 is 0. The Morgan fingerprint density at radius 3 is 1.43 bits per heavy atom. The highest BCUT2D eigenvalue weighted by atomic mass is 16.5. The van der Waals surface area contributed by atoms with E-state index in [2.05, 4.69) is 90.1 Å². The topological polar surface area (TPSA) is 29.5 Å². The third-order valence-corrected chi connectivity index (χ3v) is 12.5. The first-order chi connectivity index (χ1) is 28.8. The molecule has 0 amide bonds. The Kier molecular flexibility index (Phi) is 26.2. The predicted molar refractivity (Wildman–Crippen MR) is 252 cm³/mol. The van der Waals surface area contributed by atoms with Gasteiger partial charge in [0.25, 0.3) is 5.52 Å². The van der Waals surface area contributed by atoms with Crippen LogP contribution >= 0.6 is 0 Å². The predicted octanol–water partition coefficient (Wildman–Crippen LogP) is 17.4. The van der Waals surface area contributed by atoms with Crippen LogP contribution < -0.4 is 14.2 Å². The number of hydrogen-bond acceptors (Lipinski definition) is 3. The van der Waals surface area contributed by atoms with Crippen LogP contribution in [0.15, 0.2) is 71.0 Å². The van der Waals surface area contributed by atoms with E-state index in [-0.39, 0.29) is 0 Å². The molecule has 4 nitrogen and oxygen atoms in total. The summed E-state index contributed by atoms with van der Waals surface area (Å²) in [5, 5.41) is 0. The van der Waals surface area contributed by atoms with E-state index in [9.17, 15) is 0 Å². The van der Waals surface area contributed by atoms with Crippen LogP contribution in [0.5, 0.6) is 5.75 Å². The third-order valence-electron chi connectivity index (χ3n) is 12.5. The minimum absolute atomic E-state index is 0.911. The molecule has 4 heteroatoms. The number of allylic oxidation sites excluding steroid dienone is 2. The van der Waals surface area contributed by atoms with Gasteiger partial charge in [0.15, 0.2) is 12.3 Å². The lowest BCUT2D eigenvalue weighted by atomic mass is 10.0. The van der Waals surface area contributed by atoms with Gasteiger partial charge < -0.3 is 14.1 Å². The van der Waals surface area contributed by atoms with Crippen LogP contribution in [0.25, 0.3) is 17.2 Å². The molecule has 0 saturated carbocycles. The van der Waals surface area contributed by atoms with Crippen LogP contribution in [-0.2, 0) is 6.54 Å². The van der Waals surface area contributed by atoms with Crippen molar-refractivity contribution in [1.82, 2.24) is 0 Å². The van der Waals surface area contributed by atoms with E-state index in [0.29, 0.717) is 0 Å². The van der Waals surface area contributed by atoms with Crippen LogP contribution in [0.4, 0.5) is 5.69 Å². The molecule has 0 N–H and O–H groups in total. The molecule has 4 rings (SSSR count). The van der Waals surface area contributed by atoms with Crippen LogP contribution in [0.3, 0.4) is 0 Å². The molecule has 1 aliphatic rings. The Morgan fingerprint density at radius 1 is 0.483 bits per heavy atom. The van der Waals surface area contributed by atoms with Gasteiger partial charge in [-0.05, 0) is 43.2 Å². The fraction of sp³-hybridized carbons (Fsp3) is 0.685. The van der Waals surface area contributed by atoms with E-state index >= 15 is 0 Å². The summed E-state index contributed by atoms with van der Waals surface area (Å²) in [6.45, 7) is 6.57. The Labute approximate surface area is 357 Å². The zero-order chi connectivity index (χ0) is 40.6. The average molecular weight is 796 g/mol. The maximum absolute atomic E-state index is 6.39. The number of aromatic nitrogens is 1. The number of benzene rings is 2. The van der Waals surface area contributed by atoms with Crippen molar-refractivity contribution in [3.8, 4) is 5.75 Å². The number of anilines is 1. The highest BCUT2D eigenvalue weighted by molar-refractivity contribution is 5.70. The second kappa shape index (κ2) is 31.9. The molecule has 0 saturated heterocycles. The van der Waals surface area contributed by atoms with Gasteiger partial charge in [0, 0.05) is 19.0 Å². The quantitative estimate of drug-likeness (QED) is 0.0430. The van der Waals surface area contributed by atoms with Crippen molar-refractivity contribution in [1.29, 1.82) is 0 Å². The first-order valence-corrected chi connectivity index (χ1v) is 25.2. The molecule has 0 spiro atoms. The van der Waals surface area contributed by atoms with Gasteiger partial charge in [-0.3, -0.25) is 0 Å². The summed E-state index contributed by atoms with van der Waals surface area (Å²) in [7, 11) is 0. The molecule has 324 valence electrons. The summed E-state index contributed by atoms with van der Waals surface area (Å²) in [5.74, 6) is 2.78. The summed E-state index contributed by atoms with van der Waals surface area (Å²) in [6.07, 6.45) is 52.4. The molecule has 3 aromatic rings. The van der Waals surface area contributed by atoms with Gasteiger partial charge in [-0.2, -0.15) is 4.57 Å². The lowest BCUT2D eigenvalue weighted by molar-refractivity contribution is -0.678. The second-order valence-corrected chi connectivity index (χ2v) is 17.6. The largest absolute Gasteiger partial charge is 0.439 e. The zero-order valence-electron chi connectivity index (χ0n) is 37.8. The fourth-order valence-electron chi connectivity index (χ4n) is 8.84. The second-order valence-electron chi connectivity index (χ2n) is 17.6. The minimum atomic E-state index is 0.911. The molecule has 58 heavy (non-hydrogen) atoms. The van der Waals surface area contributed by atoms with Crippen molar-refractivity contribution in [3.05, 3.63) is 72.5 Å². The van der Waals surface area contributed by atoms with Gasteiger partial charge in [-0.1, -0.05) is 231 Å². The van der Waals surface area contributed by atoms with Crippen molar-refractivity contribution in [2.75, 3.05) is 11.4 Å². The van der Waals surface area contributed by atoms with Gasteiger partial charge in [-0.15, -0.1) is 0 Å². The standard InChI is InChI=1S/C54H87N2O2/c1-3-5-7-9-11-13-15-17-19-21-23-25-27-29-31-33-39-48-56-50-42-35-37-44-52(50)58-54(56)46-40-45-53-55(49-41-34-36-43-51(49)57-53)47-38-32-30-28-26-24-22-20-18-16-14-12-10-8-6-4-2/h34-37,40-46H,3-33,38-39,47-48H2,1-2H3/q+1. The summed E-state index contributed by atoms with van der Waals surface area (Å²) in [6, 6.07) is 17.0. The number of ether oxygens (including phenoxy) is 1. The Hall–Kier alpha value is -3.01. The number of para-hydroxylation sites is 4. The Bertz CT molecular complexity index is 1500. The Balaban J connectivity index is 1.11. The maximum atomic E-state index is 6.39. The summed E-state index contributed by atoms with van der Waals surface area (Å²) in [4.78, 5) is 2.37. The molecule has 1 aromatic heterocycles. The summed E-state index contributed by atoms with van der Waals surface area (Å²) < 4.78 is 15.2. The fourth-order valence-corrected chi connectivity index (χ4v) is 8.84. The van der Waals surface area contributed by atoms with E-state index < -0.39 is 0 Å². The molecule has 0 bridgehead atoms. The lowest BCUT2D eigenvalue weighted by Gasteiger charge is -2.18. The smallest absolute Gasteiger partial charge is 0.374 e. The van der Waals surface area contributed by atoms with Crippen molar-refractivity contribution in [2.45, 2.75) is 232 Å². The Morgan fingerprint density at radius 2 is 0.914 bits per heavy atom. The minimum Gasteiger partial charge on any atom is -0.439 e. The molecule has 0 radical (unpaired) electrons. The number of hydrogen-bond donors (Lipinski definition) is 0. The molecule has 0 unspecified atom stereocenters. The van der Waals surface area contributed by atoms with E-state index in [1.807, 2.05) is 0 Å². The number of unbranched alkanes of at least 4 members (excludes halogenated alkanes) is 31.